The molecule has 2 nitrogen and oxygen atoms in total. The summed E-state index contributed by atoms with van der Waals surface area (Å²) in [5.74, 6) is 0.817. The van der Waals surface area contributed by atoms with E-state index in [0.29, 0.717) is 0 Å². The Bertz CT molecular complexity index is 293. The molecule has 0 saturated heterocycles. The number of nitrogens with one attached hydrogen (secondary N) is 1. The predicted octanol–water partition coefficient (Wildman–Crippen LogP) is 2.50. The molecule has 1 aromatic carbocycles. The summed E-state index contributed by atoms with van der Waals surface area (Å²) in [6.07, 6.45) is 5.45. The Balaban J connectivity index is 1.85. The van der Waals surface area contributed by atoms with Gasteiger partial charge in [-0.1, -0.05) is 43.2 Å². The lowest BCUT2D eigenvalue weighted by Gasteiger charge is -2.19. The van der Waals surface area contributed by atoms with E-state index in [-0.39, 0.29) is 12.6 Å². The molecule has 1 saturated carbocycles. The van der Waals surface area contributed by atoms with Gasteiger partial charge in [0.1, 0.15) is 0 Å². The van der Waals surface area contributed by atoms with Gasteiger partial charge in [0.2, 0.25) is 0 Å². The fourth-order valence-corrected chi connectivity index (χ4v) is 2.50. The van der Waals surface area contributed by atoms with Crippen LogP contribution >= 0.6 is 0 Å². The third kappa shape index (κ3) is 3.06. The maximum atomic E-state index is 9.39. The first-order chi connectivity index (χ1) is 7.90. The van der Waals surface area contributed by atoms with Crippen molar-refractivity contribution in [3.8, 4) is 0 Å². The second-order valence-electron chi connectivity index (χ2n) is 4.70. The first kappa shape index (κ1) is 11.6. The molecule has 0 heterocycles. The molecule has 1 aliphatic rings. The average Bonchev–Trinajstić information content (AvgIpc) is 2.84. The van der Waals surface area contributed by atoms with E-state index in [1.165, 1.54) is 31.2 Å². The quantitative estimate of drug-likeness (QED) is 0.797. The molecule has 88 valence electrons. The Morgan fingerprint density at radius 1 is 1.19 bits per heavy atom. The van der Waals surface area contributed by atoms with Crippen LogP contribution in [0.4, 0.5) is 0 Å². The number of hydrogen-bond acceptors (Lipinski definition) is 2. The van der Waals surface area contributed by atoms with E-state index in [9.17, 15) is 5.11 Å². The first-order valence-electron chi connectivity index (χ1n) is 6.29. The van der Waals surface area contributed by atoms with Gasteiger partial charge in [-0.2, -0.15) is 0 Å². The van der Waals surface area contributed by atoms with Gasteiger partial charge in [-0.3, -0.25) is 0 Å². The highest BCUT2D eigenvalue weighted by Crippen LogP contribution is 2.24. The van der Waals surface area contributed by atoms with Gasteiger partial charge >= 0.3 is 0 Å². The molecule has 16 heavy (non-hydrogen) atoms. The summed E-state index contributed by atoms with van der Waals surface area (Å²) in [7, 11) is 0. The smallest absolute Gasteiger partial charge is 0.0626 e. The Labute approximate surface area is 97.7 Å². The number of hydrogen-bond donors (Lipinski definition) is 2. The summed E-state index contributed by atoms with van der Waals surface area (Å²) in [5.41, 5.74) is 1.18. The molecule has 2 rings (SSSR count). The van der Waals surface area contributed by atoms with Crippen LogP contribution in [0, 0.1) is 5.92 Å². The molecule has 0 aromatic heterocycles. The number of benzene rings is 1. The summed E-state index contributed by atoms with van der Waals surface area (Å²) in [6.45, 7) is 1.22. The lowest BCUT2D eigenvalue weighted by molar-refractivity contribution is 0.239. The lowest BCUT2D eigenvalue weighted by atomic mass is 10.1. The summed E-state index contributed by atoms with van der Waals surface area (Å²) in [6, 6.07) is 10.3. The summed E-state index contributed by atoms with van der Waals surface area (Å²) in [5, 5.41) is 12.9. The van der Waals surface area contributed by atoms with Gasteiger partial charge in [0.25, 0.3) is 0 Å². The molecule has 1 aromatic rings. The third-order valence-electron chi connectivity index (χ3n) is 3.51. The van der Waals surface area contributed by atoms with Crippen molar-refractivity contribution in [1.82, 2.24) is 5.32 Å². The SMILES string of the molecule is OC[C@@H](NCC1CCCC1)c1ccccc1. The lowest BCUT2D eigenvalue weighted by Crippen LogP contribution is -2.28. The van der Waals surface area contributed by atoms with Crippen LogP contribution in [0.25, 0.3) is 0 Å². The monoisotopic (exact) mass is 219 g/mol. The highest BCUT2D eigenvalue weighted by molar-refractivity contribution is 5.18. The van der Waals surface area contributed by atoms with E-state index < -0.39 is 0 Å². The van der Waals surface area contributed by atoms with Crippen molar-refractivity contribution in [2.24, 2.45) is 5.92 Å². The molecular weight excluding hydrogens is 198 g/mol. The molecule has 1 atom stereocenters. The van der Waals surface area contributed by atoms with E-state index in [2.05, 4.69) is 17.4 Å². The number of aliphatic hydroxyl groups is 1. The maximum absolute atomic E-state index is 9.39. The van der Waals surface area contributed by atoms with Gasteiger partial charge in [-0.15, -0.1) is 0 Å². The fraction of sp³-hybridized carbons (Fsp3) is 0.571. The van der Waals surface area contributed by atoms with Crippen LogP contribution in [-0.4, -0.2) is 18.3 Å². The molecule has 0 spiro atoms. The summed E-state index contributed by atoms with van der Waals surface area (Å²) in [4.78, 5) is 0. The minimum absolute atomic E-state index is 0.0989. The average molecular weight is 219 g/mol. The second kappa shape index (κ2) is 6.02. The second-order valence-corrected chi connectivity index (χ2v) is 4.70. The highest BCUT2D eigenvalue weighted by Gasteiger charge is 2.17. The van der Waals surface area contributed by atoms with Crippen molar-refractivity contribution < 1.29 is 5.11 Å². The van der Waals surface area contributed by atoms with Crippen LogP contribution in [0.15, 0.2) is 30.3 Å². The van der Waals surface area contributed by atoms with Gasteiger partial charge in [-0.05, 0) is 30.9 Å². The van der Waals surface area contributed by atoms with Gasteiger partial charge in [0.15, 0.2) is 0 Å². The standard InChI is InChI=1S/C14H21NO/c16-11-14(13-8-2-1-3-9-13)15-10-12-6-4-5-7-12/h1-3,8-9,12,14-16H,4-7,10-11H2/t14-/m1/s1. The molecule has 1 aliphatic carbocycles. The summed E-state index contributed by atoms with van der Waals surface area (Å²) < 4.78 is 0. The van der Waals surface area contributed by atoms with E-state index in [4.69, 9.17) is 0 Å². The molecule has 0 bridgehead atoms. The Morgan fingerprint density at radius 3 is 2.50 bits per heavy atom. The van der Waals surface area contributed by atoms with Crippen LogP contribution in [0.1, 0.15) is 37.3 Å². The minimum atomic E-state index is 0.0989. The van der Waals surface area contributed by atoms with Crippen molar-refractivity contribution in [3.63, 3.8) is 0 Å². The number of rotatable bonds is 5. The van der Waals surface area contributed by atoms with Crippen LogP contribution in [0.2, 0.25) is 0 Å². The predicted molar refractivity (Wildman–Crippen MR) is 66.2 cm³/mol. The minimum Gasteiger partial charge on any atom is -0.394 e. The van der Waals surface area contributed by atoms with Gasteiger partial charge < -0.3 is 10.4 Å². The van der Waals surface area contributed by atoms with Crippen LogP contribution < -0.4 is 5.32 Å². The van der Waals surface area contributed by atoms with Crippen LogP contribution in [0.5, 0.6) is 0 Å². The van der Waals surface area contributed by atoms with Gasteiger partial charge in [0, 0.05) is 0 Å². The Kier molecular flexibility index (Phi) is 4.37. The van der Waals surface area contributed by atoms with Crippen molar-refractivity contribution >= 4 is 0 Å². The molecule has 1 fully saturated rings. The van der Waals surface area contributed by atoms with Crippen molar-refractivity contribution in [1.29, 1.82) is 0 Å². The van der Waals surface area contributed by atoms with Gasteiger partial charge in [0.05, 0.1) is 12.6 Å². The summed E-state index contributed by atoms with van der Waals surface area (Å²) >= 11 is 0. The highest BCUT2D eigenvalue weighted by atomic mass is 16.3. The van der Waals surface area contributed by atoms with E-state index in [0.717, 1.165) is 12.5 Å². The van der Waals surface area contributed by atoms with E-state index in [1.54, 1.807) is 0 Å². The van der Waals surface area contributed by atoms with Gasteiger partial charge in [-0.25, -0.2) is 0 Å². The molecule has 2 N–H and O–H groups in total. The van der Waals surface area contributed by atoms with Crippen LogP contribution in [-0.2, 0) is 0 Å². The third-order valence-corrected chi connectivity index (χ3v) is 3.51. The normalized spacial score (nSPS) is 18.8. The Morgan fingerprint density at radius 2 is 1.88 bits per heavy atom. The fourth-order valence-electron chi connectivity index (χ4n) is 2.50. The van der Waals surface area contributed by atoms with Crippen molar-refractivity contribution in [3.05, 3.63) is 35.9 Å². The maximum Gasteiger partial charge on any atom is 0.0626 e. The molecule has 0 amide bonds. The molecule has 2 heteroatoms. The molecular formula is C14H21NO. The first-order valence-corrected chi connectivity index (χ1v) is 6.29. The topological polar surface area (TPSA) is 32.3 Å². The zero-order valence-corrected chi connectivity index (χ0v) is 9.73. The number of aliphatic hydroxyl groups excluding tert-OH is 1. The zero-order valence-electron chi connectivity index (χ0n) is 9.73. The van der Waals surface area contributed by atoms with Crippen molar-refractivity contribution in [2.45, 2.75) is 31.7 Å². The van der Waals surface area contributed by atoms with E-state index in [1.807, 2.05) is 18.2 Å². The zero-order chi connectivity index (χ0) is 11.2. The Hall–Kier alpha value is -0.860. The molecule has 0 radical (unpaired) electrons. The van der Waals surface area contributed by atoms with Crippen LogP contribution in [0.3, 0.4) is 0 Å². The largest absolute Gasteiger partial charge is 0.394 e. The van der Waals surface area contributed by atoms with E-state index >= 15 is 0 Å². The molecule has 0 aliphatic heterocycles. The molecule has 0 unspecified atom stereocenters. The van der Waals surface area contributed by atoms with Crippen molar-refractivity contribution in [2.75, 3.05) is 13.2 Å².